The summed E-state index contributed by atoms with van der Waals surface area (Å²) in [7, 11) is 2.15. The Kier molecular flexibility index (Phi) is 4.38. The van der Waals surface area contributed by atoms with Gasteiger partial charge in [-0.05, 0) is 31.3 Å². The first-order chi connectivity index (χ1) is 11.1. The van der Waals surface area contributed by atoms with Crippen LogP contribution in [0.1, 0.15) is 10.4 Å². The average molecular weight is 312 g/mol. The van der Waals surface area contributed by atoms with Crippen molar-refractivity contribution in [2.75, 3.05) is 43.4 Å². The van der Waals surface area contributed by atoms with Gasteiger partial charge >= 0.3 is 0 Å². The third-order valence-electron chi connectivity index (χ3n) is 3.93. The van der Waals surface area contributed by atoms with Gasteiger partial charge in [0, 0.05) is 49.9 Å². The Bertz CT molecular complexity index is 662. The van der Waals surface area contributed by atoms with Gasteiger partial charge in [-0.2, -0.15) is 0 Å². The van der Waals surface area contributed by atoms with Crippen molar-refractivity contribution in [3.63, 3.8) is 0 Å². The third-order valence-corrected chi connectivity index (χ3v) is 3.93. The number of nitrogens with zero attached hydrogens (tertiary/aromatic N) is 4. The quantitative estimate of drug-likeness (QED) is 0.878. The molecule has 0 spiro atoms. The number of aromatic nitrogens is 2. The molecule has 1 aromatic heterocycles. The van der Waals surface area contributed by atoms with Gasteiger partial charge in [0.15, 0.2) is 0 Å². The first kappa shape index (κ1) is 15.2. The molecule has 7 heteroatoms. The highest BCUT2D eigenvalue weighted by Gasteiger charge is 2.14. The highest BCUT2D eigenvalue weighted by molar-refractivity contribution is 5.92. The molecular weight excluding hydrogens is 292 g/mol. The molecule has 2 aromatic rings. The number of nitrogens with two attached hydrogens (primary N) is 1. The molecule has 120 valence electrons. The Labute approximate surface area is 135 Å². The standard InChI is InChI=1S/C16H20N6O/c1-21-6-8-22(9-7-21)14-4-2-13(3-5-14)20-16-18-10-12(11-19-16)15(17)23/h2-5,10-11H,6-9H2,1H3,(H2,17,23)(H,18,19,20). The molecule has 2 heterocycles. The predicted molar refractivity (Wildman–Crippen MR) is 90.0 cm³/mol. The molecule has 1 aliphatic heterocycles. The predicted octanol–water partition coefficient (Wildman–Crippen LogP) is 1.07. The maximum atomic E-state index is 11.0. The van der Waals surface area contributed by atoms with E-state index in [0.29, 0.717) is 11.5 Å². The fraction of sp³-hybridized carbons (Fsp3) is 0.312. The van der Waals surface area contributed by atoms with Crippen molar-refractivity contribution in [1.82, 2.24) is 14.9 Å². The summed E-state index contributed by atoms with van der Waals surface area (Å²) in [6, 6.07) is 8.18. The van der Waals surface area contributed by atoms with Crippen LogP contribution in [0.25, 0.3) is 0 Å². The molecule has 1 saturated heterocycles. The van der Waals surface area contributed by atoms with Gasteiger partial charge < -0.3 is 20.9 Å². The van der Waals surface area contributed by atoms with Crippen molar-refractivity contribution in [3.8, 4) is 0 Å². The number of likely N-dealkylation sites (N-methyl/N-ethyl adjacent to an activating group) is 1. The molecule has 1 fully saturated rings. The van der Waals surface area contributed by atoms with Gasteiger partial charge in [0.1, 0.15) is 0 Å². The normalized spacial score (nSPS) is 15.4. The van der Waals surface area contributed by atoms with Gasteiger partial charge in [-0.3, -0.25) is 4.79 Å². The summed E-state index contributed by atoms with van der Waals surface area (Å²) in [5.74, 6) is -0.101. The van der Waals surface area contributed by atoms with E-state index in [1.54, 1.807) is 0 Å². The van der Waals surface area contributed by atoms with Crippen LogP contribution in [-0.2, 0) is 0 Å². The lowest BCUT2D eigenvalue weighted by Gasteiger charge is -2.34. The van der Waals surface area contributed by atoms with E-state index in [2.05, 4.69) is 44.3 Å². The van der Waals surface area contributed by atoms with Crippen molar-refractivity contribution in [1.29, 1.82) is 0 Å². The second-order valence-corrected chi connectivity index (χ2v) is 5.62. The van der Waals surface area contributed by atoms with E-state index in [-0.39, 0.29) is 0 Å². The Morgan fingerprint density at radius 3 is 2.26 bits per heavy atom. The molecule has 3 rings (SSSR count). The van der Waals surface area contributed by atoms with Crippen molar-refractivity contribution in [3.05, 3.63) is 42.2 Å². The second kappa shape index (κ2) is 6.62. The molecule has 0 bridgehead atoms. The first-order valence-corrected chi connectivity index (χ1v) is 7.54. The fourth-order valence-electron chi connectivity index (χ4n) is 2.47. The Morgan fingerprint density at radius 2 is 1.70 bits per heavy atom. The third kappa shape index (κ3) is 3.75. The summed E-state index contributed by atoms with van der Waals surface area (Å²) >= 11 is 0. The number of anilines is 3. The van der Waals surface area contributed by atoms with Crippen LogP contribution in [-0.4, -0.2) is 54.0 Å². The van der Waals surface area contributed by atoms with Gasteiger partial charge in [0.05, 0.1) is 5.56 Å². The average Bonchev–Trinajstić information content (AvgIpc) is 2.57. The van der Waals surface area contributed by atoms with Crippen molar-refractivity contribution >= 4 is 23.2 Å². The summed E-state index contributed by atoms with van der Waals surface area (Å²) in [5, 5.41) is 3.11. The van der Waals surface area contributed by atoms with E-state index in [1.165, 1.54) is 18.1 Å². The summed E-state index contributed by atoms with van der Waals surface area (Å²) < 4.78 is 0. The monoisotopic (exact) mass is 312 g/mol. The lowest BCUT2D eigenvalue weighted by molar-refractivity contribution is 0.0999. The number of carbonyl (C=O) groups excluding carboxylic acids is 1. The minimum absolute atomic E-state index is 0.293. The van der Waals surface area contributed by atoms with Crippen LogP contribution in [0.2, 0.25) is 0 Å². The van der Waals surface area contributed by atoms with Gasteiger partial charge in [0.25, 0.3) is 5.91 Å². The second-order valence-electron chi connectivity index (χ2n) is 5.62. The Hall–Kier alpha value is -2.67. The number of amides is 1. The van der Waals surface area contributed by atoms with Crippen LogP contribution >= 0.6 is 0 Å². The zero-order valence-electron chi connectivity index (χ0n) is 13.1. The highest BCUT2D eigenvalue weighted by Crippen LogP contribution is 2.20. The highest BCUT2D eigenvalue weighted by atomic mass is 16.1. The summed E-state index contributed by atoms with van der Waals surface area (Å²) in [5.41, 5.74) is 7.57. The van der Waals surface area contributed by atoms with Gasteiger partial charge in [0.2, 0.25) is 5.95 Å². The van der Waals surface area contributed by atoms with Gasteiger partial charge in [-0.1, -0.05) is 0 Å². The van der Waals surface area contributed by atoms with Gasteiger partial charge in [-0.25, -0.2) is 9.97 Å². The molecule has 1 aromatic carbocycles. The number of benzene rings is 1. The topological polar surface area (TPSA) is 87.4 Å². The zero-order chi connectivity index (χ0) is 16.2. The molecule has 0 radical (unpaired) electrons. The van der Waals surface area contributed by atoms with E-state index < -0.39 is 5.91 Å². The lowest BCUT2D eigenvalue weighted by atomic mass is 10.2. The number of carbonyl (C=O) groups is 1. The number of piperazine rings is 1. The molecule has 0 aliphatic carbocycles. The fourth-order valence-corrected chi connectivity index (χ4v) is 2.47. The minimum Gasteiger partial charge on any atom is -0.369 e. The summed E-state index contributed by atoms with van der Waals surface area (Å²) in [4.78, 5) is 23.9. The maximum Gasteiger partial charge on any atom is 0.251 e. The van der Waals surface area contributed by atoms with E-state index in [9.17, 15) is 4.79 Å². The summed E-state index contributed by atoms with van der Waals surface area (Å²) in [6.07, 6.45) is 2.83. The van der Waals surface area contributed by atoms with E-state index in [1.807, 2.05) is 12.1 Å². The summed E-state index contributed by atoms with van der Waals surface area (Å²) in [6.45, 7) is 4.25. The van der Waals surface area contributed by atoms with Crippen molar-refractivity contribution in [2.45, 2.75) is 0 Å². The molecule has 3 N–H and O–H groups in total. The molecule has 0 unspecified atom stereocenters. The molecule has 7 nitrogen and oxygen atoms in total. The largest absolute Gasteiger partial charge is 0.369 e. The Morgan fingerprint density at radius 1 is 1.09 bits per heavy atom. The lowest BCUT2D eigenvalue weighted by Crippen LogP contribution is -2.44. The van der Waals surface area contributed by atoms with Gasteiger partial charge in [-0.15, -0.1) is 0 Å². The van der Waals surface area contributed by atoms with Crippen LogP contribution < -0.4 is 16.0 Å². The first-order valence-electron chi connectivity index (χ1n) is 7.54. The van der Waals surface area contributed by atoms with Crippen molar-refractivity contribution < 1.29 is 4.79 Å². The van der Waals surface area contributed by atoms with Crippen LogP contribution in [0.4, 0.5) is 17.3 Å². The van der Waals surface area contributed by atoms with Crippen LogP contribution in [0.3, 0.4) is 0 Å². The number of rotatable bonds is 4. The van der Waals surface area contributed by atoms with Crippen LogP contribution in [0.15, 0.2) is 36.7 Å². The smallest absolute Gasteiger partial charge is 0.251 e. The van der Waals surface area contributed by atoms with E-state index in [4.69, 9.17) is 5.73 Å². The zero-order valence-corrected chi connectivity index (χ0v) is 13.1. The van der Waals surface area contributed by atoms with Crippen LogP contribution in [0.5, 0.6) is 0 Å². The number of nitrogens with one attached hydrogen (secondary N) is 1. The van der Waals surface area contributed by atoms with E-state index >= 15 is 0 Å². The molecular formula is C16H20N6O. The van der Waals surface area contributed by atoms with E-state index in [0.717, 1.165) is 31.9 Å². The SMILES string of the molecule is CN1CCN(c2ccc(Nc3ncc(C(N)=O)cn3)cc2)CC1. The minimum atomic E-state index is -0.534. The number of hydrogen-bond acceptors (Lipinski definition) is 6. The number of primary amides is 1. The van der Waals surface area contributed by atoms with Crippen LogP contribution in [0, 0.1) is 0 Å². The molecule has 0 atom stereocenters. The maximum absolute atomic E-state index is 11.0. The molecule has 1 aliphatic rings. The number of hydrogen-bond donors (Lipinski definition) is 2. The Balaban J connectivity index is 1.64. The molecule has 1 amide bonds. The van der Waals surface area contributed by atoms with Crippen molar-refractivity contribution in [2.24, 2.45) is 5.73 Å². The molecule has 0 saturated carbocycles. The molecule has 23 heavy (non-hydrogen) atoms.